The monoisotopic (exact) mass is 248 g/mol. The quantitative estimate of drug-likeness (QED) is 0.822. The van der Waals surface area contributed by atoms with Crippen molar-refractivity contribution in [3.63, 3.8) is 0 Å². The lowest BCUT2D eigenvalue weighted by Crippen LogP contribution is -2.44. The Bertz CT molecular complexity index is 420. The van der Waals surface area contributed by atoms with Crippen molar-refractivity contribution in [2.24, 2.45) is 0 Å². The topological polar surface area (TPSA) is 50.4 Å². The Morgan fingerprint density at radius 2 is 2.33 bits per heavy atom. The van der Waals surface area contributed by atoms with Crippen LogP contribution in [0.15, 0.2) is 24.3 Å². The predicted molar refractivity (Wildman–Crippen MR) is 70.5 cm³/mol. The highest BCUT2D eigenvalue weighted by molar-refractivity contribution is 5.79. The molecule has 1 fully saturated rings. The molecule has 4 nitrogen and oxygen atoms in total. The van der Waals surface area contributed by atoms with Gasteiger partial charge in [-0.2, -0.15) is 0 Å². The Kier molecular flexibility index (Phi) is 4.33. The van der Waals surface area contributed by atoms with Crippen molar-refractivity contribution < 1.29 is 9.53 Å². The van der Waals surface area contributed by atoms with Crippen LogP contribution in [0.25, 0.3) is 0 Å². The molecule has 2 N–H and O–H groups in total. The van der Waals surface area contributed by atoms with Gasteiger partial charge in [0.15, 0.2) is 0 Å². The summed E-state index contributed by atoms with van der Waals surface area (Å²) in [4.78, 5) is 11.9. The predicted octanol–water partition coefficient (Wildman–Crippen LogP) is 0.641. The minimum Gasteiger partial charge on any atom is -0.378 e. The van der Waals surface area contributed by atoms with Crippen molar-refractivity contribution >= 4 is 5.91 Å². The second kappa shape index (κ2) is 5.98. The molecule has 0 aromatic heterocycles. The summed E-state index contributed by atoms with van der Waals surface area (Å²) >= 11 is 0. The first kappa shape index (κ1) is 13.1. The zero-order valence-corrected chi connectivity index (χ0v) is 10.9. The third-order valence-electron chi connectivity index (χ3n) is 3.25. The molecule has 0 saturated carbocycles. The van der Waals surface area contributed by atoms with Crippen LogP contribution in [-0.2, 0) is 16.0 Å². The molecule has 1 aliphatic heterocycles. The highest BCUT2D eigenvalue weighted by Gasteiger charge is 2.27. The number of carbonyl (C=O) groups excluding carboxylic acids is 1. The van der Waals surface area contributed by atoms with Gasteiger partial charge >= 0.3 is 0 Å². The van der Waals surface area contributed by atoms with E-state index in [1.54, 1.807) is 7.11 Å². The Morgan fingerprint density at radius 1 is 1.50 bits per heavy atom. The summed E-state index contributed by atoms with van der Waals surface area (Å²) in [6, 6.07) is 8.11. The van der Waals surface area contributed by atoms with E-state index < -0.39 is 0 Å². The first-order valence-corrected chi connectivity index (χ1v) is 6.27. The maximum absolute atomic E-state index is 11.9. The van der Waals surface area contributed by atoms with Gasteiger partial charge in [0.1, 0.15) is 0 Å². The van der Waals surface area contributed by atoms with Gasteiger partial charge in [-0.05, 0) is 12.5 Å². The maximum atomic E-state index is 11.9. The van der Waals surface area contributed by atoms with Crippen molar-refractivity contribution in [1.82, 2.24) is 10.6 Å². The lowest BCUT2D eigenvalue weighted by molar-refractivity contribution is -0.121. The fourth-order valence-electron chi connectivity index (χ4n) is 2.31. The normalized spacial score (nSPS) is 23.0. The summed E-state index contributed by atoms with van der Waals surface area (Å²) in [6.07, 6.45) is 0.501. The van der Waals surface area contributed by atoms with E-state index in [1.807, 2.05) is 31.2 Å². The molecule has 0 bridgehead atoms. The molecule has 98 valence electrons. The Balaban J connectivity index is 1.89. The minimum atomic E-state index is 0.0522. The fourth-order valence-corrected chi connectivity index (χ4v) is 2.31. The van der Waals surface area contributed by atoms with Gasteiger partial charge < -0.3 is 15.4 Å². The average molecular weight is 248 g/mol. The van der Waals surface area contributed by atoms with Crippen LogP contribution in [0, 0.1) is 6.92 Å². The van der Waals surface area contributed by atoms with Crippen molar-refractivity contribution in [2.45, 2.75) is 25.5 Å². The van der Waals surface area contributed by atoms with E-state index in [2.05, 4.69) is 10.6 Å². The van der Waals surface area contributed by atoms with Crippen LogP contribution in [0.1, 0.15) is 11.1 Å². The Labute approximate surface area is 108 Å². The SMILES string of the molecule is CO[C@H]1CNCC1NC(=O)Cc1cccc(C)c1. The van der Waals surface area contributed by atoms with Gasteiger partial charge in [-0.15, -0.1) is 0 Å². The number of benzene rings is 1. The molecule has 1 aliphatic rings. The smallest absolute Gasteiger partial charge is 0.224 e. The first-order chi connectivity index (χ1) is 8.69. The van der Waals surface area contributed by atoms with E-state index in [4.69, 9.17) is 4.74 Å². The number of hydrogen-bond acceptors (Lipinski definition) is 3. The molecule has 1 unspecified atom stereocenters. The third-order valence-corrected chi connectivity index (χ3v) is 3.25. The number of hydrogen-bond donors (Lipinski definition) is 2. The third kappa shape index (κ3) is 3.31. The molecule has 1 amide bonds. The van der Waals surface area contributed by atoms with Crippen LogP contribution in [0.3, 0.4) is 0 Å². The van der Waals surface area contributed by atoms with Crippen LogP contribution in [0.2, 0.25) is 0 Å². The van der Waals surface area contributed by atoms with Crippen molar-refractivity contribution in [3.8, 4) is 0 Å². The van der Waals surface area contributed by atoms with E-state index in [-0.39, 0.29) is 18.1 Å². The number of amides is 1. The molecular weight excluding hydrogens is 228 g/mol. The number of rotatable bonds is 4. The molecule has 0 aliphatic carbocycles. The second-order valence-electron chi connectivity index (χ2n) is 4.77. The summed E-state index contributed by atoms with van der Waals surface area (Å²) in [6.45, 7) is 3.60. The van der Waals surface area contributed by atoms with Crippen LogP contribution in [-0.4, -0.2) is 38.3 Å². The van der Waals surface area contributed by atoms with Crippen LogP contribution in [0.4, 0.5) is 0 Å². The molecule has 18 heavy (non-hydrogen) atoms. The van der Waals surface area contributed by atoms with Gasteiger partial charge in [0, 0.05) is 20.2 Å². The Morgan fingerprint density at radius 3 is 3.06 bits per heavy atom. The van der Waals surface area contributed by atoms with Gasteiger partial charge in [0.25, 0.3) is 0 Å². The highest BCUT2D eigenvalue weighted by Crippen LogP contribution is 2.07. The van der Waals surface area contributed by atoms with E-state index in [0.717, 1.165) is 18.7 Å². The summed E-state index contributed by atoms with van der Waals surface area (Å²) in [5.74, 6) is 0.0522. The number of nitrogens with one attached hydrogen (secondary N) is 2. The highest BCUT2D eigenvalue weighted by atomic mass is 16.5. The second-order valence-corrected chi connectivity index (χ2v) is 4.77. The van der Waals surface area contributed by atoms with Crippen molar-refractivity contribution in [2.75, 3.05) is 20.2 Å². The molecular formula is C14H20N2O2. The van der Waals surface area contributed by atoms with E-state index in [1.165, 1.54) is 5.56 Å². The van der Waals surface area contributed by atoms with Gasteiger partial charge in [-0.1, -0.05) is 29.8 Å². The van der Waals surface area contributed by atoms with E-state index in [9.17, 15) is 4.79 Å². The molecule has 2 rings (SSSR count). The standard InChI is InChI=1S/C14H20N2O2/c1-10-4-3-5-11(6-10)7-14(17)16-12-8-15-9-13(12)18-2/h3-6,12-13,15H,7-9H2,1-2H3,(H,16,17)/t12?,13-/m0/s1. The van der Waals surface area contributed by atoms with E-state index in [0.29, 0.717) is 6.42 Å². The average Bonchev–Trinajstić information content (AvgIpc) is 2.76. The molecule has 1 aromatic rings. The van der Waals surface area contributed by atoms with Crippen LogP contribution < -0.4 is 10.6 Å². The fraction of sp³-hybridized carbons (Fsp3) is 0.500. The maximum Gasteiger partial charge on any atom is 0.224 e. The van der Waals surface area contributed by atoms with Gasteiger partial charge in [0.05, 0.1) is 18.6 Å². The Hall–Kier alpha value is -1.39. The largest absolute Gasteiger partial charge is 0.378 e. The van der Waals surface area contributed by atoms with E-state index >= 15 is 0 Å². The zero-order chi connectivity index (χ0) is 13.0. The first-order valence-electron chi connectivity index (χ1n) is 6.27. The van der Waals surface area contributed by atoms with Gasteiger partial charge in [0.2, 0.25) is 5.91 Å². The van der Waals surface area contributed by atoms with Crippen LogP contribution in [0.5, 0.6) is 0 Å². The molecule has 1 heterocycles. The molecule has 2 atom stereocenters. The summed E-state index contributed by atoms with van der Waals surface area (Å²) in [7, 11) is 1.68. The number of aryl methyl sites for hydroxylation is 1. The lowest BCUT2D eigenvalue weighted by Gasteiger charge is -2.18. The summed E-state index contributed by atoms with van der Waals surface area (Å²) in [5, 5.41) is 6.23. The summed E-state index contributed by atoms with van der Waals surface area (Å²) < 4.78 is 5.32. The summed E-state index contributed by atoms with van der Waals surface area (Å²) in [5.41, 5.74) is 2.23. The van der Waals surface area contributed by atoms with Crippen molar-refractivity contribution in [3.05, 3.63) is 35.4 Å². The van der Waals surface area contributed by atoms with Crippen LogP contribution >= 0.6 is 0 Å². The number of carbonyl (C=O) groups is 1. The molecule has 1 aromatic carbocycles. The zero-order valence-electron chi connectivity index (χ0n) is 10.9. The molecule has 0 spiro atoms. The number of methoxy groups -OCH3 is 1. The lowest BCUT2D eigenvalue weighted by atomic mass is 10.1. The minimum absolute atomic E-state index is 0.0522. The molecule has 1 saturated heterocycles. The van der Waals surface area contributed by atoms with Gasteiger partial charge in [-0.3, -0.25) is 4.79 Å². The number of ether oxygens (including phenoxy) is 1. The molecule has 4 heteroatoms. The van der Waals surface area contributed by atoms with Gasteiger partial charge in [-0.25, -0.2) is 0 Å². The van der Waals surface area contributed by atoms with Crippen molar-refractivity contribution in [1.29, 1.82) is 0 Å². The molecule has 0 radical (unpaired) electrons.